The molecule has 3 aliphatic rings. The standard InChI is InChI=1S/C24H33N5O3/c1-16-22(32-19-6-4-3-5-7-19)11-10-20(25-16)23-21(28(2)27-26-23)15-31-24(30)29-13-12-18(14-29)17-8-9-17/h10-11,17-19H,3-9,12-15H2,1-2H3. The van der Waals surface area contributed by atoms with Crippen LogP contribution in [-0.2, 0) is 18.4 Å². The maximum atomic E-state index is 12.6. The molecule has 1 unspecified atom stereocenters. The monoisotopic (exact) mass is 439 g/mol. The van der Waals surface area contributed by atoms with Gasteiger partial charge in [0.1, 0.15) is 23.7 Å². The van der Waals surface area contributed by atoms with Crippen LogP contribution < -0.4 is 4.74 Å². The smallest absolute Gasteiger partial charge is 0.410 e. The van der Waals surface area contributed by atoms with E-state index in [1.54, 1.807) is 4.68 Å². The number of likely N-dealkylation sites (tertiary alicyclic amines) is 1. The highest BCUT2D eigenvalue weighted by Crippen LogP contribution is 2.41. The van der Waals surface area contributed by atoms with Crippen LogP contribution in [0.2, 0.25) is 0 Å². The average Bonchev–Trinajstić information content (AvgIpc) is 3.41. The molecule has 5 rings (SSSR count). The number of nitrogens with zero attached hydrogens (tertiary/aromatic N) is 5. The number of hydrogen-bond donors (Lipinski definition) is 0. The van der Waals surface area contributed by atoms with Crippen LogP contribution in [-0.4, -0.2) is 50.2 Å². The number of carbonyl (C=O) groups excluding carboxylic acids is 1. The Balaban J connectivity index is 1.24. The molecule has 2 aromatic rings. The summed E-state index contributed by atoms with van der Waals surface area (Å²) in [6, 6.07) is 3.89. The van der Waals surface area contributed by atoms with Gasteiger partial charge in [-0.2, -0.15) is 0 Å². The van der Waals surface area contributed by atoms with Gasteiger partial charge in [-0.3, -0.25) is 0 Å². The van der Waals surface area contributed by atoms with Gasteiger partial charge in [0.2, 0.25) is 0 Å². The van der Waals surface area contributed by atoms with Crippen molar-refractivity contribution in [3.05, 3.63) is 23.5 Å². The fraction of sp³-hybridized carbons (Fsp3) is 0.667. The Morgan fingerprint density at radius 1 is 1.09 bits per heavy atom. The highest BCUT2D eigenvalue weighted by Gasteiger charge is 2.37. The molecule has 172 valence electrons. The second-order valence-corrected chi connectivity index (χ2v) is 9.55. The zero-order valence-electron chi connectivity index (χ0n) is 19.1. The summed E-state index contributed by atoms with van der Waals surface area (Å²) in [5.41, 5.74) is 2.94. The second kappa shape index (κ2) is 9.08. The van der Waals surface area contributed by atoms with Gasteiger partial charge in [-0.15, -0.1) is 5.10 Å². The molecule has 3 heterocycles. The summed E-state index contributed by atoms with van der Waals surface area (Å²) in [4.78, 5) is 19.2. The first-order valence-electron chi connectivity index (χ1n) is 12.0. The van der Waals surface area contributed by atoms with Crippen LogP contribution in [0, 0.1) is 18.8 Å². The zero-order chi connectivity index (χ0) is 22.1. The second-order valence-electron chi connectivity index (χ2n) is 9.55. The van der Waals surface area contributed by atoms with E-state index in [4.69, 9.17) is 14.5 Å². The van der Waals surface area contributed by atoms with Gasteiger partial charge in [-0.05, 0) is 75.8 Å². The number of aromatic nitrogens is 4. The highest BCUT2D eigenvalue weighted by molar-refractivity contribution is 5.68. The van der Waals surface area contributed by atoms with Crippen molar-refractivity contribution in [2.24, 2.45) is 18.9 Å². The normalized spacial score (nSPS) is 21.7. The maximum absolute atomic E-state index is 12.6. The predicted molar refractivity (Wildman–Crippen MR) is 119 cm³/mol. The lowest BCUT2D eigenvalue weighted by molar-refractivity contribution is 0.101. The van der Waals surface area contributed by atoms with Crippen LogP contribution >= 0.6 is 0 Å². The topological polar surface area (TPSA) is 82.4 Å². The molecule has 1 amide bonds. The van der Waals surface area contributed by atoms with Crippen LogP contribution in [0.4, 0.5) is 4.79 Å². The Bertz CT molecular complexity index is 965. The van der Waals surface area contributed by atoms with E-state index in [0.717, 1.165) is 55.4 Å². The molecule has 2 saturated carbocycles. The third kappa shape index (κ3) is 4.59. The van der Waals surface area contributed by atoms with Crippen molar-refractivity contribution in [2.75, 3.05) is 13.1 Å². The van der Waals surface area contributed by atoms with Gasteiger partial charge in [0, 0.05) is 20.1 Å². The van der Waals surface area contributed by atoms with Crippen molar-refractivity contribution in [3.63, 3.8) is 0 Å². The van der Waals surface area contributed by atoms with E-state index in [0.29, 0.717) is 17.3 Å². The molecular weight excluding hydrogens is 406 g/mol. The molecule has 0 bridgehead atoms. The number of hydrogen-bond acceptors (Lipinski definition) is 6. The first-order valence-corrected chi connectivity index (χ1v) is 12.0. The molecule has 1 aliphatic heterocycles. The Kier molecular flexibility index (Phi) is 6.02. The van der Waals surface area contributed by atoms with Gasteiger partial charge < -0.3 is 14.4 Å². The summed E-state index contributed by atoms with van der Waals surface area (Å²) < 4.78 is 13.5. The van der Waals surface area contributed by atoms with Crippen LogP contribution in [0.25, 0.3) is 11.4 Å². The van der Waals surface area contributed by atoms with E-state index in [-0.39, 0.29) is 18.8 Å². The Morgan fingerprint density at radius 2 is 1.91 bits per heavy atom. The summed E-state index contributed by atoms with van der Waals surface area (Å²) in [5, 5.41) is 8.44. The lowest BCUT2D eigenvalue weighted by Gasteiger charge is -2.23. The van der Waals surface area contributed by atoms with Gasteiger partial charge in [0.25, 0.3) is 0 Å². The molecule has 2 aromatic heterocycles. The van der Waals surface area contributed by atoms with E-state index in [1.807, 2.05) is 31.0 Å². The number of carbonyl (C=O) groups is 1. The minimum absolute atomic E-state index is 0.128. The Hall–Kier alpha value is -2.64. The molecule has 0 aromatic carbocycles. The van der Waals surface area contributed by atoms with Gasteiger partial charge in [0.05, 0.1) is 17.5 Å². The molecule has 8 nitrogen and oxygen atoms in total. The highest BCUT2D eigenvalue weighted by atomic mass is 16.6. The van der Waals surface area contributed by atoms with E-state index in [2.05, 4.69) is 10.3 Å². The molecule has 2 aliphatic carbocycles. The van der Waals surface area contributed by atoms with Crippen LogP contribution in [0.3, 0.4) is 0 Å². The van der Waals surface area contributed by atoms with E-state index < -0.39 is 0 Å². The number of amides is 1. The first kappa shape index (κ1) is 21.2. The largest absolute Gasteiger partial charge is 0.489 e. The maximum Gasteiger partial charge on any atom is 0.410 e. The van der Waals surface area contributed by atoms with Gasteiger partial charge in [0.15, 0.2) is 0 Å². The number of aryl methyl sites for hydroxylation is 2. The summed E-state index contributed by atoms with van der Waals surface area (Å²) in [6.45, 7) is 3.70. The van der Waals surface area contributed by atoms with Crippen LogP contribution in [0.15, 0.2) is 12.1 Å². The SMILES string of the molecule is Cc1nc(-c2nnn(C)c2COC(=O)N2CCC(C3CC3)C2)ccc1OC1CCCCC1. The molecule has 0 radical (unpaired) electrons. The molecular formula is C24H33N5O3. The summed E-state index contributed by atoms with van der Waals surface area (Å²) in [6.07, 6.45) is 9.74. The third-order valence-electron chi connectivity index (χ3n) is 7.17. The van der Waals surface area contributed by atoms with Crippen molar-refractivity contribution in [2.45, 2.75) is 71.0 Å². The lowest BCUT2D eigenvalue weighted by Crippen LogP contribution is -2.29. The molecule has 0 spiro atoms. The van der Waals surface area contributed by atoms with Crippen LogP contribution in [0.1, 0.15) is 62.8 Å². The van der Waals surface area contributed by atoms with Crippen LogP contribution in [0.5, 0.6) is 5.75 Å². The van der Waals surface area contributed by atoms with E-state index in [1.165, 1.54) is 32.1 Å². The lowest BCUT2D eigenvalue weighted by atomic mass is 9.98. The summed E-state index contributed by atoms with van der Waals surface area (Å²) in [5.74, 6) is 2.30. The average molecular weight is 440 g/mol. The summed E-state index contributed by atoms with van der Waals surface area (Å²) >= 11 is 0. The zero-order valence-corrected chi connectivity index (χ0v) is 19.1. The Morgan fingerprint density at radius 3 is 2.66 bits per heavy atom. The molecule has 1 atom stereocenters. The van der Waals surface area contributed by atoms with E-state index >= 15 is 0 Å². The van der Waals surface area contributed by atoms with E-state index in [9.17, 15) is 4.79 Å². The minimum atomic E-state index is -0.249. The minimum Gasteiger partial charge on any atom is -0.489 e. The molecule has 3 fully saturated rings. The van der Waals surface area contributed by atoms with Gasteiger partial charge in [-0.1, -0.05) is 11.6 Å². The number of rotatable bonds is 6. The molecule has 8 heteroatoms. The molecule has 32 heavy (non-hydrogen) atoms. The quantitative estimate of drug-likeness (QED) is 0.669. The van der Waals surface area contributed by atoms with Gasteiger partial charge in [-0.25, -0.2) is 14.5 Å². The number of ether oxygens (including phenoxy) is 2. The summed E-state index contributed by atoms with van der Waals surface area (Å²) in [7, 11) is 1.81. The van der Waals surface area contributed by atoms with Gasteiger partial charge >= 0.3 is 6.09 Å². The Labute approximate surface area is 189 Å². The molecule has 0 N–H and O–H groups in total. The van der Waals surface area contributed by atoms with Crippen molar-refractivity contribution in [1.82, 2.24) is 24.9 Å². The fourth-order valence-corrected chi connectivity index (χ4v) is 5.03. The molecule has 1 saturated heterocycles. The van der Waals surface area contributed by atoms with Crippen molar-refractivity contribution < 1.29 is 14.3 Å². The first-order chi connectivity index (χ1) is 15.6. The third-order valence-corrected chi connectivity index (χ3v) is 7.17. The fourth-order valence-electron chi connectivity index (χ4n) is 5.03. The number of pyridine rings is 1. The van der Waals surface area contributed by atoms with Crippen molar-refractivity contribution >= 4 is 6.09 Å². The van der Waals surface area contributed by atoms with Crippen molar-refractivity contribution in [1.29, 1.82) is 0 Å². The predicted octanol–water partition coefficient (Wildman–Crippen LogP) is 4.27. The van der Waals surface area contributed by atoms with Crippen molar-refractivity contribution in [3.8, 4) is 17.1 Å².